The summed E-state index contributed by atoms with van der Waals surface area (Å²) in [5.41, 5.74) is 2.76. The third-order valence-electron chi connectivity index (χ3n) is 6.03. The van der Waals surface area contributed by atoms with Crippen LogP contribution in [0.4, 0.5) is 0 Å². The third-order valence-corrected chi connectivity index (χ3v) is 6.85. The number of nitrogens with one attached hydrogen (secondary N) is 2. The Morgan fingerprint density at radius 3 is 2.33 bits per heavy atom. The highest BCUT2D eigenvalue weighted by atomic mass is 32.1. The molecule has 0 unspecified atom stereocenters. The average molecular weight is 472 g/mol. The van der Waals surface area contributed by atoms with Crippen molar-refractivity contribution in [2.75, 3.05) is 0 Å². The fourth-order valence-corrected chi connectivity index (χ4v) is 4.98. The molecule has 33 heavy (non-hydrogen) atoms. The minimum atomic E-state index is -0.132. The molecule has 0 radical (unpaired) electrons. The number of amides is 2. The van der Waals surface area contributed by atoms with Gasteiger partial charge in [0.05, 0.1) is 0 Å². The van der Waals surface area contributed by atoms with Crippen molar-refractivity contribution in [2.24, 2.45) is 0 Å². The lowest BCUT2D eigenvalue weighted by molar-refractivity contribution is -0.122. The van der Waals surface area contributed by atoms with Crippen molar-refractivity contribution in [3.8, 4) is 5.75 Å². The normalized spacial score (nSPS) is 18.0. The lowest BCUT2D eigenvalue weighted by Gasteiger charge is -2.29. The molecule has 0 saturated heterocycles. The SMILES string of the molecule is CCCCCCC(=O)NC1CCC(NC(=O)c2csc(COc3cc(C)cc(C)c3)n2)CC1. The molecule has 0 atom stereocenters. The van der Waals surface area contributed by atoms with Crippen LogP contribution in [0.1, 0.15) is 91.3 Å². The Morgan fingerprint density at radius 2 is 1.67 bits per heavy atom. The van der Waals surface area contributed by atoms with Crippen LogP contribution in [-0.4, -0.2) is 28.9 Å². The molecule has 1 aromatic carbocycles. The van der Waals surface area contributed by atoms with Crippen molar-refractivity contribution in [1.82, 2.24) is 15.6 Å². The molecule has 1 heterocycles. The zero-order chi connectivity index (χ0) is 23.6. The van der Waals surface area contributed by atoms with E-state index in [4.69, 9.17) is 4.74 Å². The smallest absolute Gasteiger partial charge is 0.270 e. The lowest BCUT2D eigenvalue weighted by Crippen LogP contribution is -2.43. The van der Waals surface area contributed by atoms with E-state index in [1.165, 1.54) is 24.2 Å². The van der Waals surface area contributed by atoms with Crippen molar-refractivity contribution in [2.45, 2.75) is 97.2 Å². The molecule has 2 N–H and O–H groups in total. The number of thiazole rings is 1. The molecule has 1 saturated carbocycles. The van der Waals surface area contributed by atoms with E-state index < -0.39 is 0 Å². The van der Waals surface area contributed by atoms with Crippen LogP contribution in [0.15, 0.2) is 23.6 Å². The number of rotatable bonds is 11. The number of aryl methyl sites for hydroxylation is 2. The maximum atomic E-state index is 12.6. The number of aromatic nitrogens is 1. The van der Waals surface area contributed by atoms with Gasteiger partial charge in [-0.3, -0.25) is 9.59 Å². The highest BCUT2D eigenvalue weighted by Gasteiger charge is 2.24. The number of unbranched alkanes of at least 4 members (excludes halogenated alkanes) is 3. The molecular weight excluding hydrogens is 434 g/mol. The first kappa shape index (κ1) is 25.2. The van der Waals surface area contributed by atoms with Gasteiger partial charge in [0.25, 0.3) is 5.91 Å². The zero-order valence-corrected chi connectivity index (χ0v) is 20.9. The van der Waals surface area contributed by atoms with E-state index in [1.807, 2.05) is 26.0 Å². The minimum absolute atomic E-state index is 0.131. The minimum Gasteiger partial charge on any atom is -0.486 e. The van der Waals surface area contributed by atoms with Crippen LogP contribution in [0, 0.1) is 13.8 Å². The van der Waals surface area contributed by atoms with Gasteiger partial charge in [-0.25, -0.2) is 4.98 Å². The van der Waals surface area contributed by atoms with Gasteiger partial charge in [-0.1, -0.05) is 32.3 Å². The van der Waals surface area contributed by atoms with Crippen molar-refractivity contribution in [1.29, 1.82) is 0 Å². The Kier molecular flexibility index (Phi) is 9.73. The molecule has 180 valence electrons. The van der Waals surface area contributed by atoms with E-state index in [1.54, 1.807) is 5.38 Å². The molecule has 6 nitrogen and oxygen atoms in total. The summed E-state index contributed by atoms with van der Waals surface area (Å²) in [5, 5.41) is 8.85. The quantitative estimate of drug-likeness (QED) is 0.426. The maximum absolute atomic E-state index is 12.6. The molecule has 3 rings (SSSR count). The molecule has 2 aromatic rings. The standard InChI is InChI=1S/C26H37N3O3S/c1-4-5-6-7-8-24(30)27-20-9-11-21(12-10-20)28-26(31)23-17-33-25(29-23)16-32-22-14-18(2)13-19(3)15-22/h13-15,17,20-21H,4-12,16H2,1-3H3,(H,27,30)(H,28,31). The molecule has 0 bridgehead atoms. The van der Waals surface area contributed by atoms with E-state index in [-0.39, 0.29) is 23.9 Å². The fraction of sp³-hybridized carbons (Fsp3) is 0.577. The van der Waals surface area contributed by atoms with Gasteiger partial charge in [0.15, 0.2) is 0 Å². The molecule has 1 aliphatic carbocycles. The molecular formula is C26H37N3O3S. The van der Waals surface area contributed by atoms with Crippen molar-refractivity contribution >= 4 is 23.2 Å². The number of carbonyl (C=O) groups excluding carboxylic acids is 2. The number of hydrogen-bond acceptors (Lipinski definition) is 5. The van der Waals surface area contributed by atoms with Gasteiger partial charge in [0, 0.05) is 23.9 Å². The van der Waals surface area contributed by atoms with Gasteiger partial charge in [-0.15, -0.1) is 11.3 Å². The summed E-state index contributed by atoms with van der Waals surface area (Å²) in [6.07, 6.45) is 8.64. The second-order valence-electron chi connectivity index (χ2n) is 9.14. The highest BCUT2D eigenvalue weighted by Crippen LogP contribution is 2.21. The Bertz CT molecular complexity index is 899. The summed E-state index contributed by atoms with van der Waals surface area (Å²) in [6, 6.07) is 6.46. The van der Waals surface area contributed by atoms with Crippen molar-refractivity contribution in [3.05, 3.63) is 45.4 Å². The topological polar surface area (TPSA) is 80.3 Å². The predicted molar refractivity (Wildman–Crippen MR) is 133 cm³/mol. The van der Waals surface area contributed by atoms with E-state index in [0.29, 0.717) is 18.7 Å². The number of carbonyl (C=O) groups is 2. The van der Waals surface area contributed by atoms with Crippen LogP contribution in [0.2, 0.25) is 0 Å². The molecule has 1 fully saturated rings. The Balaban J connectivity index is 1.38. The zero-order valence-electron chi connectivity index (χ0n) is 20.1. The monoisotopic (exact) mass is 471 g/mol. The molecule has 1 aromatic heterocycles. The number of hydrogen-bond donors (Lipinski definition) is 2. The van der Waals surface area contributed by atoms with Gasteiger partial charge in [0.1, 0.15) is 23.1 Å². The predicted octanol–water partition coefficient (Wildman–Crippen LogP) is 5.47. The van der Waals surface area contributed by atoms with E-state index in [9.17, 15) is 9.59 Å². The first-order valence-electron chi connectivity index (χ1n) is 12.2. The van der Waals surface area contributed by atoms with Crippen LogP contribution >= 0.6 is 11.3 Å². The van der Waals surface area contributed by atoms with Gasteiger partial charge in [-0.05, 0) is 69.2 Å². The van der Waals surface area contributed by atoms with Crippen LogP contribution in [0.5, 0.6) is 5.75 Å². The van der Waals surface area contributed by atoms with Crippen molar-refractivity contribution in [3.63, 3.8) is 0 Å². The molecule has 2 amide bonds. The average Bonchev–Trinajstić information content (AvgIpc) is 3.25. The first-order chi connectivity index (χ1) is 15.9. The third kappa shape index (κ3) is 8.46. The summed E-state index contributed by atoms with van der Waals surface area (Å²) >= 11 is 1.44. The molecule has 0 spiro atoms. The highest BCUT2D eigenvalue weighted by molar-refractivity contribution is 7.09. The summed E-state index contributed by atoms with van der Waals surface area (Å²) in [6.45, 7) is 6.61. The van der Waals surface area contributed by atoms with E-state index in [2.05, 4.69) is 28.6 Å². The van der Waals surface area contributed by atoms with Crippen LogP contribution in [0.25, 0.3) is 0 Å². The van der Waals surface area contributed by atoms with E-state index >= 15 is 0 Å². The first-order valence-corrected chi connectivity index (χ1v) is 13.1. The Labute approximate surface area is 201 Å². The molecule has 7 heteroatoms. The van der Waals surface area contributed by atoms with Gasteiger partial charge in [-0.2, -0.15) is 0 Å². The fourth-order valence-electron chi connectivity index (χ4n) is 4.30. The molecule has 0 aliphatic heterocycles. The van der Waals surface area contributed by atoms with Gasteiger partial charge in [0.2, 0.25) is 5.91 Å². The summed E-state index contributed by atoms with van der Waals surface area (Å²) in [4.78, 5) is 29.2. The number of benzene rings is 1. The van der Waals surface area contributed by atoms with Crippen LogP contribution < -0.4 is 15.4 Å². The van der Waals surface area contributed by atoms with E-state index in [0.717, 1.165) is 60.4 Å². The molecule has 1 aliphatic rings. The second-order valence-corrected chi connectivity index (χ2v) is 10.1. The van der Waals surface area contributed by atoms with Crippen molar-refractivity contribution < 1.29 is 14.3 Å². The Morgan fingerprint density at radius 1 is 1.00 bits per heavy atom. The lowest BCUT2D eigenvalue weighted by atomic mass is 9.91. The Hall–Kier alpha value is -2.41. The summed E-state index contributed by atoms with van der Waals surface area (Å²) in [7, 11) is 0. The number of nitrogens with zero attached hydrogens (tertiary/aromatic N) is 1. The maximum Gasteiger partial charge on any atom is 0.270 e. The van der Waals surface area contributed by atoms with Gasteiger partial charge >= 0.3 is 0 Å². The second kappa shape index (κ2) is 12.7. The number of ether oxygens (including phenoxy) is 1. The van der Waals surface area contributed by atoms with Gasteiger partial charge < -0.3 is 15.4 Å². The summed E-state index contributed by atoms with van der Waals surface area (Å²) < 4.78 is 5.86. The summed E-state index contributed by atoms with van der Waals surface area (Å²) in [5.74, 6) is 0.849. The van der Waals surface area contributed by atoms with Crippen LogP contribution in [0.3, 0.4) is 0 Å². The largest absolute Gasteiger partial charge is 0.486 e. The van der Waals surface area contributed by atoms with Crippen LogP contribution in [-0.2, 0) is 11.4 Å².